The molecule has 16 aromatic rings. The summed E-state index contributed by atoms with van der Waals surface area (Å²) in [4.78, 5) is 17.0. The molecule has 0 N–H and O–H groups in total. The third kappa shape index (κ3) is 15.5. The highest BCUT2D eigenvalue weighted by molar-refractivity contribution is 6.13. The van der Waals surface area contributed by atoms with Crippen molar-refractivity contribution in [2.24, 2.45) is 44.4 Å². The van der Waals surface area contributed by atoms with E-state index >= 15 is 0 Å². The van der Waals surface area contributed by atoms with Crippen molar-refractivity contribution in [2.75, 3.05) is 0 Å². The lowest BCUT2D eigenvalue weighted by Gasteiger charge is -2.20. The quantitative estimate of drug-likeness (QED) is 0.130. The summed E-state index contributed by atoms with van der Waals surface area (Å²) < 4.78 is 277. The van der Waals surface area contributed by atoms with Gasteiger partial charge in [0.2, 0.25) is 45.6 Å². The highest BCUT2D eigenvalue weighted by Crippen LogP contribution is 2.44. The van der Waals surface area contributed by atoms with Crippen molar-refractivity contribution in [3.05, 3.63) is 234 Å². The summed E-state index contributed by atoms with van der Waals surface area (Å²) in [6.45, 7) is 10.8. The van der Waals surface area contributed by atoms with Crippen molar-refractivity contribution in [3.8, 4) is 69.3 Å². The second-order valence-corrected chi connectivity index (χ2v) is 32.6. The monoisotopic (exact) mass is 1590 g/mol. The fraction of sp³-hybridized carbons (Fsp3) is 0.333. The molecule has 16 heteroatoms. The average molecular weight is 1600 g/mol. The number of rotatable bonds is 8. The Hall–Kier alpha value is -12.8. The van der Waals surface area contributed by atoms with Crippen LogP contribution in [0.4, 0.5) is 0 Å². The van der Waals surface area contributed by atoms with E-state index in [-0.39, 0.29) is 102 Å². The molecule has 4 aromatic carbocycles. The third-order valence-corrected chi connectivity index (χ3v) is 20.9. The van der Waals surface area contributed by atoms with Crippen molar-refractivity contribution in [1.29, 1.82) is 21.0 Å². The molecular weight excluding hydrogens is 1460 g/mol. The van der Waals surface area contributed by atoms with Crippen LogP contribution in [0.5, 0.6) is 0 Å². The number of nitrogens with zero attached hydrogens (tertiary/aromatic N) is 12. The minimum absolute atomic E-state index is 0.0375. The van der Waals surface area contributed by atoms with Crippen LogP contribution >= 0.6 is 0 Å². The molecule has 0 amide bonds. The molecule has 0 aliphatic carbocycles. The number of aromatic nitrogens is 8. The van der Waals surface area contributed by atoms with E-state index in [1.165, 1.54) is 43.2 Å². The Balaban J connectivity index is 0.000000164. The van der Waals surface area contributed by atoms with Crippen LogP contribution in [-0.4, -0.2) is 19.9 Å². The van der Waals surface area contributed by atoms with Crippen molar-refractivity contribution < 1.29 is 75.7 Å². The summed E-state index contributed by atoms with van der Waals surface area (Å²) in [5.74, 6) is -3.44. The first-order valence-corrected chi connectivity index (χ1v) is 37.9. The molecule has 12 aromatic heterocycles. The topological polar surface area (TPSA) is 215 Å². The first-order valence-electron chi connectivity index (χ1n) is 52.4. The highest BCUT2D eigenvalue weighted by Gasteiger charge is 2.33. The Bertz CT molecular complexity index is 8260. The van der Waals surface area contributed by atoms with E-state index in [9.17, 15) is 25.2 Å². The Labute approximate surface area is 733 Å². The Morgan fingerprint density at radius 3 is 1.14 bits per heavy atom. The number of pyridine rings is 8. The van der Waals surface area contributed by atoms with Crippen LogP contribution in [0.2, 0.25) is 0 Å². The molecule has 0 saturated heterocycles. The summed E-state index contributed by atoms with van der Waals surface area (Å²) in [7, 11) is 6.51. The third-order valence-electron chi connectivity index (χ3n) is 20.9. The predicted molar refractivity (Wildman–Crippen MR) is 472 cm³/mol. The molecule has 0 fully saturated rings. The summed E-state index contributed by atoms with van der Waals surface area (Å²) in [5, 5.41) is 42.7. The van der Waals surface area contributed by atoms with E-state index in [1.54, 1.807) is 161 Å². The lowest BCUT2D eigenvalue weighted by Crippen LogP contribution is -2.36. The Morgan fingerprint density at radius 1 is 0.415 bits per heavy atom. The maximum Gasteiger partial charge on any atom is 0.228 e. The number of fused-ring (bicyclic) bond motifs is 12. The average Bonchev–Trinajstić information content (AvgIpc) is 1.18. The molecule has 12 heterocycles. The molecule has 0 radical (unpaired) electrons. The van der Waals surface area contributed by atoms with E-state index in [4.69, 9.17) is 53.3 Å². The number of nitriles is 4. The molecule has 0 bridgehead atoms. The van der Waals surface area contributed by atoms with Crippen molar-refractivity contribution in [1.82, 2.24) is 19.9 Å². The summed E-state index contributed by atoms with van der Waals surface area (Å²) in [6, 6.07) is 29.8. The molecule has 596 valence electrons. The summed E-state index contributed by atoms with van der Waals surface area (Å²) >= 11 is 0. The van der Waals surface area contributed by atoms with Crippen molar-refractivity contribution in [3.63, 3.8) is 0 Å². The van der Waals surface area contributed by atoms with Crippen LogP contribution in [0.25, 0.3) is 133 Å². The van der Waals surface area contributed by atoms with Gasteiger partial charge in [0.05, 0.1) is 55.2 Å². The Morgan fingerprint density at radius 2 is 0.771 bits per heavy atom. The van der Waals surface area contributed by atoms with Gasteiger partial charge in [0, 0.05) is 159 Å². The fourth-order valence-electron chi connectivity index (χ4n) is 14.5. The number of hydrogen-bond donors (Lipinski definition) is 0. The van der Waals surface area contributed by atoms with Gasteiger partial charge < -0.3 is 17.7 Å². The van der Waals surface area contributed by atoms with E-state index in [2.05, 4.69) is 38.1 Å². The smallest absolute Gasteiger partial charge is 0.228 e. The first-order chi connectivity index (χ1) is 67.4. The van der Waals surface area contributed by atoms with Gasteiger partial charge in [0.1, 0.15) is 58.2 Å². The predicted octanol–water partition coefficient (Wildman–Crippen LogP) is 23.0. The molecule has 0 atom stereocenters. The first kappa shape index (κ1) is 53.5. The standard InChI is InChI=1S/3C26H28N3O.C24H24N3O/c1-15-8-10-20-21-11-9-19(14-27)28-25(21)30-24(20)23(15)22-12-18(13-26(4,5)6)16(2)17(3)29(22)7;1-15-8-9-20-21-10-18(13-27)14-28-25(21)30-24(20)23(15)22-11-19(12-26(4,5)6)16(2)17(3)29(22)7;1-15-8-9-20-23-18(14-27)10-11-28-25(23)30-24(20)22(15)21-12-19(13-26(4,5)6)16(2)17(3)29(21)7;1-13(2)19-11-20(27(6)16(5)15(19)4)21-14(3)7-8-18-22-17(12-25)9-10-26-24(22)28-23(18)21/h8-12H,13H2,1-7H3;8-11,14H,12H2,1-7H3;8-12H,13H2,1-7H3;7-11,13H,1-6H3/q4*+1/i2D3,12D,13D2;2D3,11D,12D2;2D3,12D,13D2;1D3,2D3,4D3,11D,13D. The van der Waals surface area contributed by atoms with Crippen molar-refractivity contribution in [2.45, 2.75) is 184 Å². The van der Waals surface area contributed by atoms with Gasteiger partial charge in [-0.3, -0.25) is 0 Å². The van der Waals surface area contributed by atoms with Crippen LogP contribution in [0.1, 0.15) is 234 Å². The molecule has 0 aliphatic rings. The molecule has 0 unspecified atom stereocenters. The lowest BCUT2D eigenvalue weighted by molar-refractivity contribution is -0.667. The van der Waals surface area contributed by atoms with Gasteiger partial charge >= 0.3 is 0 Å². The van der Waals surface area contributed by atoms with Gasteiger partial charge in [-0.05, 0) is 171 Å². The maximum atomic E-state index is 9.64. The molecule has 16 rings (SSSR count). The molecule has 0 saturated carbocycles. The maximum absolute atomic E-state index is 9.64. The zero-order valence-electron chi connectivity index (χ0n) is 98.7. The summed E-state index contributed by atoms with van der Waals surface area (Å²) in [6.07, 6.45) is -2.05. The number of benzene rings is 4. The molecule has 0 aliphatic heterocycles. The largest absolute Gasteiger partial charge is 0.437 e. The van der Waals surface area contributed by atoms with Crippen LogP contribution in [0.15, 0.2) is 139 Å². The number of aryl methyl sites for hydroxylation is 4. The van der Waals surface area contributed by atoms with Gasteiger partial charge in [-0.15, -0.1) is 0 Å². The lowest BCUT2D eigenvalue weighted by atomic mass is 9.85. The number of furan rings is 4. The van der Waals surface area contributed by atoms with Gasteiger partial charge in [-0.2, -0.15) is 39.3 Å². The summed E-state index contributed by atoms with van der Waals surface area (Å²) in [5.41, 5.74) is 5.15. The highest BCUT2D eigenvalue weighted by atomic mass is 16.4. The van der Waals surface area contributed by atoms with Gasteiger partial charge in [-0.1, -0.05) is 125 Å². The van der Waals surface area contributed by atoms with Crippen LogP contribution < -0.4 is 18.3 Å². The van der Waals surface area contributed by atoms with Crippen LogP contribution in [0, 0.1) is 144 Å². The second-order valence-electron chi connectivity index (χ2n) is 32.6. The molecule has 0 spiro atoms. The SMILES string of the molecule is [2H]c1c(C([2H])(C([2H])([2H])[2H])C([2H])([2H])[2H])c(C([2H])([2H])[2H])c(C)[n+](C)c1-c1c(C)ccc2c1oc1nccc(C#N)c12.[2H]c1c(C([2H])([2H])C(C)(C)C)c(C([2H])([2H])[2H])c(C)[n+](C)c1-c1c(C)ccc2c1oc1nc(C#N)ccc12.[2H]c1c(C([2H])([2H])C(C)(C)C)c(C([2H])([2H])[2H])c(C)[n+](C)c1-c1c(C)ccc2c1oc1ncc(C#N)cc12.[2H]c1c(C([2H])([2H])C(C)(C)C)c(C([2H])([2H])[2H])c(C)[n+](C)c1-c1c(C)ccc2c1oc1nccc(C#N)c12. The van der Waals surface area contributed by atoms with Gasteiger partial charge in [0.25, 0.3) is 0 Å². The van der Waals surface area contributed by atoms with E-state index in [0.29, 0.717) is 128 Å². The molecule has 118 heavy (non-hydrogen) atoms. The van der Waals surface area contributed by atoms with E-state index in [1.807, 2.05) is 63.2 Å². The Kier molecular flexibility index (Phi) is 14.4. The molecule has 16 nitrogen and oxygen atoms in total. The van der Waals surface area contributed by atoms with Crippen LogP contribution in [-0.2, 0) is 47.3 Å². The van der Waals surface area contributed by atoms with Gasteiger partial charge in [-0.25, -0.2) is 19.9 Å². The zero-order chi connectivity index (χ0) is 110. The number of hydrogen-bond acceptors (Lipinski definition) is 12. The van der Waals surface area contributed by atoms with E-state index in [0.717, 1.165) is 22.1 Å². The van der Waals surface area contributed by atoms with Crippen LogP contribution in [0.3, 0.4) is 0 Å². The van der Waals surface area contributed by atoms with Gasteiger partial charge in [0.15, 0.2) is 45.1 Å². The minimum Gasteiger partial charge on any atom is -0.437 e. The normalized spacial score (nSPS) is 16.5. The minimum atomic E-state index is -3.52. The van der Waals surface area contributed by atoms with E-state index < -0.39 is 99.5 Å². The second kappa shape index (κ2) is 31.7. The van der Waals surface area contributed by atoms with Crippen molar-refractivity contribution >= 4 is 88.3 Å². The fourth-order valence-corrected chi connectivity index (χ4v) is 14.5. The zero-order valence-corrected chi connectivity index (χ0v) is 69.7. The molecular formula is C102H108N12O4+4.